The van der Waals surface area contributed by atoms with Crippen LogP contribution in [0.2, 0.25) is 0 Å². The number of aromatic nitrogens is 2. The van der Waals surface area contributed by atoms with E-state index in [0.29, 0.717) is 17.1 Å². The molecule has 0 spiro atoms. The average molecular weight is 240 g/mol. The summed E-state index contributed by atoms with van der Waals surface area (Å²) in [5.41, 5.74) is 2.18. The van der Waals surface area contributed by atoms with E-state index in [-0.39, 0.29) is 6.61 Å². The summed E-state index contributed by atoms with van der Waals surface area (Å²) >= 11 is 0. The molecule has 0 saturated carbocycles. The predicted octanol–water partition coefficient (Wildman–Crippen LogP) is 1.61. The Bertz CT molecular complexity index is 557. The maximum atomic E-state index is 8.92. The summed E-state index contributed by atoms with van der Waals surface area (Å²) in [5, 5.41) is 17.6. The van der Waals surface area contributed by atoms with Crippen molar-refractivity contribution in [2.45, 2.75) is 6.61 Å². The first-order valence-electron chi connectivity index (χ1n) is 5.40. The molecule has 1 aromatic carbocycles. The van der Waals surface area contributed by atoms with Crippen LogP contribution < -0.4 is 4.90 Å². The van der Waals surface area contributed by atoms with Crippen LogP contribution in [-0.4, -0.2) is 22.1 Å². The van der Waals surface area contributed by atoms with Crippen molar-refractivity contribution >= 4 is 11.6 Å². The van der Waals surface area contributed by atoms with E-state index in [9.17, 15) is 0 Å². The Morgan fingerprint density at radius 2 is 1.83 bits per heavy atom. The summed E-state index contributed by atoms with van der Waals surface area (Å²) in [6.45, 7) is -0.0686. The van der Waals surface area contributed by atoms with E-state index in [1.54, 1.807) is 24.5 Å². The topological polar surface area (TPSA) is 73.0 Å². The van der Waals surface area contributed by atoms with Gasteiger partial charge in [-0.25, -0.2) is 9.97 Å². The van der Waals surface area contributed by atoms with E-state index in [0.717, 1.165) is 5.69 Å². The predicted molar refractivity (Wildman–Crippen MR) is 67.2 cm³/mol. The number of aliphatic hydroxyl groups is 1. The van der Waals surface area contributed by atoms with Crippen LogP contribution in [0.15, 0.2) is 36.7 Å². The van der Waals surface area contributed by atoms with Gasteiger partial charge in [-0.2, -0.15) is 5.26 Å². The second-order valence-electron chi connectivity index (χ2n) is 3.77. The minimum Gasteiger partial charge on any atom is -0.392 e. The van der Waals surface area contributed by atoms with E-state index < -0.39 is 0 Å². The van der Waals surface area contributed by atoms with Gasteiger partial charge in [0.1, 0.15) is 0 Å². The molecule has 18 heavy (non-hydrogen) atoms. The van der Waals surface area contributed by atoms with Crippen LogP contribution in [0.25, 0.3) is 0 Å². The molecule has 0 aliphatic carbocycles. The fraction of sp³-hybridized carbons (Fsp3) is 0.154. The monoisotopic (exact) mass is 240 g/mol. The quantitative estimate of drug-likeness (QED) is 0.882. The number of hydrogen-bond donors (Lipinski definition) is 1. The minimum atomic E-state index is -0.0686. The van der Waals surface area contributed by atoms with Gasteiger partial charge in [-0.05, 0) is 24.3 Å². The molecule has 0 aliphatic heterocycles. The molecular formula is C13H12N4O. The molecule has 1 aromatic heterocycles. The molecule has 0 saturated heterocycles. The average Bonchev–Trinajstić information content (AvgIpc) is 2.47. The number of nitriles is 1. The van der Waals surface area contributed by atoms with Crippen LogP contribution >= 0.6 is 0 Å². The zero-order valence-electron chi connectivity index (χ0n) is 9.91. The molecule has 1 N–H and O–H groups in total. The first kappa shape index (κ1) is 12.0. The molecule has 0 amide bonds. The van der Waals surface area contributed by atoms with Crippen LogP contribution in [0.3, 0.4) is 0 Å². The van der Waals surface area contributed by atoms with Crippen LogP contribution in [0, 0.1) is 11.3 Å². The van der Waals surface area contributed by atoms with Gasteiger partial charge in [0, 0.05) is 30.7 Å². The van der Waals surface area contributed by atoms with Crippen LogP contribution in [0.4, 0.5) is 11.6 Å². The molecule has 0 bridgehead atoms. The largest absolute Gasteiger partial charge is 0.392 e. The molecule has 0 unspecified atom stereocenters. The highest BCUT2D eigenvalue weighted by Crippen LogP contribution is 2.19. The van der Waals surface area contributed by atoms with E-state index in [2.05, 4.69) is 16.0 Å². The Hall–Kier alpha value is -2.45. The van der Waals surface area contributed by atoms with Crippen molar-refractivity contribution in [3.05, 3.63) is 47.8 Å². The number of benzene rings is 1. The molecule has 0 atom stereocenters. The first-order valence-corrected chi connectivity index (χ1v) is 5.40. The Balaban J connectivity index is 2.23. The lowest BCUT2D eigenvalue weighted by Crippen LogP contribution is -2.13. The smallest absolute Gasteiger partial charge is 0.229 e. The Morgan fingerprint density at radius 3 is 2.33 bits per heavy atom. The Morgan fingerprint density at radius 1 is 1.22 bits per heavy atom. The summed E-state index contributed by atoms with van der Waals surface area (Å²) in [5.74, 6) is 0.539. The van der Waals surface area contributed by atoms with Gasteiger partial charge in [-0.3, -0.25) is 0 Å². The Kier molecular flexibility index (Phi) is 3.51. The van der Waals surface area contributed by atoms with Gasteiger partial charge in [0.25, 0.3) is 0 Å². The third kappa shape index (κ3) is 2.44. The highest BCUT2D eigenvalue weighted by molar-refractivity contribution is 5.57. The molecule has 0 fully saturated rings. The number of aliphatic hydroxyl groups excluding tert-OH is 1. The van der Waals surface area contributed by atoms with Crippen LogP contribution in [0.1, 0.15) is 11.1 Å². The maximum absolute atomic E-state index is 8.92. The normalized spacial score (nSPS) is 9.83. The van der Waals surface area contributed by atoms with Crippen LogP contribution in [0.5, 0.6) is 0 Å². The van der Waals surface area contributed by atoms with Gasteiger partial charge in [0.15, 0.2) is 0 Å². The van der Waals surface area contributed by atoms with Crippen LogP contribution in [-0.2, 0) is 6.61 Å². The second-order valence-corrected chi connectivity index (χ2v) is 3.77. The summed E-state index contributed by atoms with van der Waals surface area (Å²) < 4.78 is 0. The lowest BCUT2D eigenvalue weighted by molar-refractivity contribution is 0.281. The summed E-state index contributed by atoms with van der Waals surface area (Å²) in [7, 11) is 1.84. The maximum Gasteiger partial charge on any atom is 0.229 e. The first-order chi connectivity index (χ1) is 8.74. The van der Waals surface area contributed by atoms with Crippen molar-refractivity contribution < 1.29 is 5.11 Å². The van der Waals surface area contributed by atoms with Crippen molar-refractivity contribution in [3.8, 4) is 6.07 Å². The number of nitrogens with zero attached hydrogens (tertiary/aromatic N) is 4. The molecule has 1 heterocycles. The Labute approximate surface area is 105 Å². The van der Waals surface area contributed by atoms with Gasteiger partial charge < -0.3 is 10.0 Å². The van der Waals surface area contributed by atoms with E-state index in [1.165, 1.54) is 0 Å². The molecule has 2 rings (SSSR count). The molecule has 5 nitrogen and oxygen atoms in total. The van der Waals surface area contributed by atoms with Crippen molar-refractivity contribution in [2.24, 2.45) is 0 Å². The van der Waals surface area contributed by atoms with Crippen molar-refractivity contribution in [1.82, 2.24) is 9.97 Å². The van der Waals surface area contributed by atoms with Crippen molar-refractivity contribution in [1.29, 1.82) is 5.26 Å². The highest BCUT2D eigenvalue weighted by atomic mass is 16.3. The zero-order valence-corrected chi connectivity index (χ0v) is 9.91. The van der Waals surface area contributed by atoms with Gasteiger partial charge >= 0.3 is 0 Å². The SMILES string of the molecule is CN(c1ccc(C#N)cc1)c1ncc(CO)cn1. The molecule has 2 aromatic rings. The summed E-state index contributed by atoms with van der Waals surface area (Å²) in [6, 6.07) is 9.23. The van der Waals surface area contributed by atoms with E-state index in [4.69, 9.17) is 10.4 Å². The van der Waals surface area contributed by atoms with Gasteiger partial charge in [-0.1, -0.05) is 0 Å². The third-order valence-electron chi connectivity index (χ3n) is 2.56. The standard InChI is InChI=1S/C13H12N4O/c1-17(12-4-2-10(6-14)3-5-12)13-15-7-11(9-18)8-16-13/h2-5,7-8,18H,9H2,1H3. The minimum absolute atomic E-state index is 0.0686. The lowest BCUT2D eigenvalue weighted by atomic mass is 10.2. The molecule has 0 radical (unpaired) electrons. The molecule has 5 heteroatoms. The summed E-state index contributed by atoms with van der Waals surface area (Å²) in [4.78, 5) is 10.1. The summed E-state index contributed by atoms with van der Waals surface area (Å²) in [6.07, 6.45) is 3.17. The highest BCUT2D eigenvalue weighted by Gasteiger charge is 2.06. The molecule has 90 valence electrons. The fourth-order valence-corrected chi connectivity index (χ4v) is 1.48. The zero-order chi connectivity index (χ0) is 13.0. The number of rotatable bonds is 3. The van der Waals surface area contributed by atoms with Gasteiger partial charge in [0.2, 0.25) is 5.95 Å². The molecular weight excluding hydrogens is 228 g/mol. The number of anilines is 2. The van der Waals surface area contributed by atoms with Gasteiger partial charge in [-0.15, -0.1) is 0 Å². The number of hydrogen-bond acceptors (Lipinski definition) is 5. The van der Waals surface area contributed by atoms with E-state index in [1.807, 2.05) is 24.1 Å². The van der Waals surface area contributed by atoms with Gasteiger partial charge in [0.05, 0.1) is 18.2 Å². The van der Waals surface area contributed by atoms with Crippen molar-refractivity contribution in [3.63, 3.8) is 0 Å². The third-order valence-corrected chi connectivity index (χ3v) is 2.56. The van der Waals surface area contributed by atoms with E-state index >= 15 is 0 Å². The lowest BCUT2D eigenvalue weighted by Gasteiger charge is -2.16. The molecule has 0 aliphatic rings. The fourth-order valence-electron chi connectivity index (χ4n) is 1.48. The second kappa shape index (κ2) is 5.25. The van der Waals surface area contributed by atoms with Crippen molar-refractivity contribution in [2.75, 3.05) is 11.9 Å².